The first-order chi connectivity index (χ1) is 14.1. The normalized spacial score (nSPS) is 17.6. The fourth-order valence-electron chi connectivity index (χ4n) is 4.39. The molecule has 29 heavy (non-hydrogen) atoms. The van der Waals surface area contributed by atoms with Crippen LogP contribution in [0.3, 0.4) is 0 Å². The van der Waals surface area contributed by atoms with Crippen LogP contribution in [0.5, 0.6) is 0 Å². The van der Waals surface area contributed by atoms with E-state index in [2.05, 4.69) is 50.7 Å². The Kier molecular flexibility index (Phi) is 4.47. The maximum absolute atomic E-state index is 13.0. The number of nitrogens with zero attached hydrogens (tertiary/aromatic N) is 2. The molecule has 5 heteroatoms. The summed E-state index contributed by atoms with van der Waals surface area (Å²) in [6.07, 6.45) is 2.87. The van der Waals surface area contributed by atoms with Crippen molar-refractivity contribution < 1.29 is 4.79 Å². The van der Waals surface area contributed by atoms with Crippen molar-refractivity contribution in [2.75, 3.05) is 11.9 Å². The Labute approximate surface area is 171 Å². The van der Waals surface area contributed by atoms with Crippen LogP contribution in [0.25, 0.3) is 0 Å². The molecule has 0 spiro atoms. The first kappa shape index (κ1) is 18.1. The summed E-state index contributed by atoms with van der Waals surface area (Å²) in [7, 11) is 0. The maximum Gasteiger partial charge on any atom is 0.235 e. The Morgan fingerprint density at radius 3 is 2.69 bits per heavy atom. The molecule has 2 heterocycles. The molecule has 0 unspecified atom stereocenters. The van der Waals surface area contributed by atoms with Gasteiger partial charge in [-0.25, -0.2) is 0 Å². The van der Waals surface area contributed by atoms with Crippen molar-refractivity contribution in [1.29, 1.82) is 0 Å². The molecule has 1 aromatic heterocycles. The number of aromatic amines is 1. The highest BCUT2D eigenvalue weighted by Gasteiger charge is 2.51. The van der Waals surface area contributed by atoms with Gasteiger partial charge in [0.2, 0.25) is 5.91 Å². The summed E-state index contributed by atoms with van der Waals surface area (Å²) in [5.74, 6) is 0.114. The molecule has 2 aromatic carbocycles. The smallest absolute Gasteiger partial charge is 0.235 e. The van der Waals surface area contributed by atoms with E-state index in [1.807, 2.05) is 31.2 Å². The zero-order chi connectivity index (χ0) is 19.8. The van der Waals surface area contributed by atoms with Crippen LogP contribution in [-0.2, 0) is 29.7 Å². The number of hydrogen-bond donors (Lipinski definition) is 2. The summed E-state index contributed by atoms with van der Waals surface area (Å²) in [5.41, 5.74) is 6.52. The minimum Gasteiger partial charge on any atom is -0.325 e. The van der Waals surface area contributed by atoms with Gasteiger partial charge in [-0.3, -0.25) is 14.8 Å². The maximum atomic E-state index is 13.0. The highest BCUT2D eigenvalue weighted by molar-refractivity contribution is 6.01. The zero-order valence-corrected chi connectivity index (χ0v) is 16.7. The van der Waals surface area contributed by atoms with Gasteiger partial charge in [-0.2, -0.15) is 5.10 Å². The third kappa shape index (κ3) is 3.58. The van der Waals surface area contributed by atoms with E-state index >= 15 is 0 Å². The predicted molar refractivity (Wildman–Crippen MR) is 114 cm³/mol. The van der Waals surface area contributed by atoms with Gasteiger partial charge in [-0.1, -0.05) is 36.4 Å². The van der Waals surface area contributed by atoms with Crippen molar-refractivity contribution in [3.63, 3.8) is 0 Å². The van der Waals surface area contributed by atoms with Gasteiger partial charge < -0.3 is 5.32 Å². The number of fused-ring (bicyclic) bond motifs is 1. The highest BCUT2D eigenvalue weighted by atomic mass is 16.2. The molecule has 0 atom stereocenters. The van der Waals surface area contributed by atoms with Crippen LogP contribution in [-0.4, -0.2) is 27.5 Å². The van der Waals surface area contributed by atoms with Gasteiger partial charge in [0.05, 0.1) is 11.1 Å². The lowest BCUT2D eigenvalue weighted by molar-refractivity contribution is -0.118. The SMILES string of the molecule is Cc1cc(CN2CCc3ccc(NC(=O)C4(c5ccccc5)CC4)cc3C2)n[nH]1. The van der Waals surface area contributed by atoms with Gasteiger partial charge in [-0.15, -0.1) is 0 Å². The molecule has 1 fully saturated rings. The number of amides is 1. The average molecular weight is 386 g/mol. The molecular weight excluding hydrogens is 360 g/mol. The molecule has 3 aromatic rings. The molecule has 0 bridgehead atoms. The number of hydrogen-bond acceptors (Lipinski definition) is 3. The Bertz CT molecular complexity index is 1040. The lowest BCUT2D eigenvalue weighted by atomic mass is 9.94. The minimum absolute atomic E-state index is 0.114. The third-order valence-corrected chi connectivity index (χ3v) is 6.21. The van der Waals surface area contributed by atoms with E-state index in [4.69, 9.17) is 0 Å². The van der Waals surface area contributed by atoms with Gasteiger partial charge in [0.15, 0.2) is 0 Å². The van der Waals surface area contributed by atoms with Gasteiger partial charge in [0.25, 0.3) is 0 Å². The van der Waals surface area contributed by atoms with Gasteiger partial charge in [0, 0.05) is 31.0 Å². The summed E-state index contributed by atoms with van der Waals surface area (Å²) < 4.78 is 0. The van der Waals surface area contributed by atoms with Gasteiger partial charge in [-0.05, 0) is 61.1 Å². The standard InChI is InChI=1S/C24H26N4O/c1-17-13-22(27-26-17)16-28-12-9-18-7-8-21(14-19(18)15-28)25-23(29)24(10-11-24)20-5-3-2-4-6-20/h2-8,13-14H,9-12,15-16H2,1H3,(H,25,29)(H,26,27). The van der Waals surface area contributed by atoms with E-state index in [0.717, 1.165) is 61.5 Å². The number of carbonyl (C=O) groups excluding carboxylic acids is 1. The Hall–Kier alpha value is -2.92. The van der Waals surface area contributed by atoms with Crippen molar-refractivity contribution in [2.45, 2.75) is 44.7 Å². The van der Waals surface area contributed by atoms with Crippen LogP contribution in [0.2, 0.25) is 0 Å². The second-order valence-corrected chi connectivity index (χ2v) is 8.39. The summed E-state index contributed by atoms with van der Waals surface area (Å²) in [5, 5.41) is 10.6. The molecule has 0 saturated heterocycles. The van der Waals surface area contributed by atoms with Gasteiger partial charge >= 0.3 is 0 Å². The fraction of sp³-hybridized carbons (Fsp3) is 0.333. The number of rotatable bonds is 5. The molecule has 0 radical (unpaired) electrons. The molecular formula is C24H26N4O. The van der Waals surface area contributed by atoms with E-state index in [1.54, 1.807) is 0 Å². The lowest BCUT2D eigenvalue weighted by Crippen LogP contribution is -2.31. The number of H-pyrrole nitrogens is 1. The van der Waals surface area contributed by atoms with E-state index in [1.165, 1.54) is 11.1 Å². The molecule has 148 valence electrons. The van der Waals surface area contributed by atoms with Crippen molar-refractivity contribution in [3.8, 4) is 0 Å². The third-order valence-electron chi connectivity index (χ3n) is 6.21. The Morgan fingerprint density at radius 2 is 1.97 bits per heavy atom. The lowest BCUT2D eigenvalue weighted by Gasteiger charge is -2.28. The fourth-order valence-corrected chi connectivity index (χ4v) is 4.39. The summed E-state index contributed by atoms with van der Waals surface area (Å²) in [4.78, 5) is 15.5. The molecule has 5 rings (SSSR count). The monoisotopic (exact) mass is 386 g/mol. The first-order valence-electron chi connectivity index (χ1n) is 10.3. The second kappa shape index (κ2) is 7.16. The van der Waals surface area contributed by atoms with Crippen molar-refractivity contribution in [1.82, 2.24) is 15.1 Å². The summed E-state index contributed by atoms with van der Waals surface area (Å²) in [6.45, 7) is 4.78. The number of anilines is 1. The number of carbonyl (C=O) groups is 1. The van der Waals surface area contributed by atoms with Gasteiger partial charge in [0.1, 0.15) is 0 Å². The number of aromatic nitrogens is 2. The Balaban J connectivity index is 1.29. The minimum atomic E-state index is -0.346. The molecule has 1 aliphatic carbocycles. The number of aryl methyl sites for hydroxylation is 1. The van der Waals surface area contributed by atoms with E-state index < -0.39 is 0 Å². The molecule has 1 amide bonds. The van der Waals surface area contributed by atoms with E-state index in [9.17, 15) is 4.79 Å². The molecule has 1 aliphatic heterocycles. The zero-order valence-electron chi connectivity index (χ0n) is 16.7. The summed E-state index contributed by atoms with van der Waals surface area (Å²) in [6, 6.07) is 18.6. The van der Waals surface area contributed by atoms with E-state index in [-0.39, 0.29) is 11.3 Å². The summed E-state index contributed by atoms with van der Waals surface area (Å²) >= 11 is 0. The predicted octanol–water partition coefficient (Wildman–Crippen LogP) is 3.95. The highest BCUT2D eigenvalue weighted by Crippen LogP contribution is 2.49. The quantitative estimate of drug-likeness (QED) is 0.698. The largest absolute Gasteiger partial charge is 0.325 e. The average Bonchev–Trinajstić information content (AvgIpc) is 3.46. The van der Waals surface area contributed by atoms with Crippen LogP contribution < -0.4 is 5.32 Å². The number of benzene rings is 2. The topological polar surface area (TPSA) is 61.0 Å². The molecule has 2 aliphatic rings. The van der Waals surface area contributed by atoms with Crippen LogP contribution >= 0.6 is 0 Å². The van der Waals surface area contributed by atoms with Crippen molar-refractivity contribution >= 4 is 11.6 Å². The first-order valence-corrected chi connectivity index (χ1v) is 10.3. The van der Waals surface area contributed by atoms with E-state index in [0.29, 0.717) is 0 Å². The molecule has 1 saturated carbocycles. The van der Waals surface area contributed by atoms with Crippen LogP contribution in [0.1, 0.15) is 40.9 Å². The molecule has 2 N–H and O–H groups in total. The van der Waals surface area contributed by atoms with Crippen LogP contribution in [0.15, 0.2) is 54.6 Å². The second-order valence-electron chi connectivity index (χ2n) is 8.39. The Morgan fingerprint density at radius 1 is 1.14 bits per heavy atom. The van der Waals surface area contributed by atoms with Crippen LogP contribution in [0.4, 0.5) is 5.69 Å². The molecule has 5 nitrogen and oxygen atoms in total. The number of nitrogens with one attached hydrogen (secondary N) is 2. The van der Waals surface area contributed by atoms with Crippen molar-refractivity contribution in [2.24, 2.45) is 0 Å². The van der Waals surface area contributed by atoms with Crippen LogP contribution in [0, 0.1) is 6.92 Å². The van der Waals surface area contributed by atoms with Crippen molar-refractivity contribution in [3.05, 3.63) is 82.7 Å².